The highest BCUT2D eigenvalue weighted by atomic mass is 19.1. The highest BCUT2D eigenvalue weighted by molar-refractivity contribution is 5.94. The molecule has 0 aliphatic carbocycles. The first kappa shape index (κ1) is 12.5. The minimum Gasteiger partial charge on any atom is -0.347 e. The van der Waals surface area contributed by atoms with Crippen molar-refractivity contribution in [3.8, 4) is 0 Å². The maximum Gasteiger partial charge on any atom is 0.243 e. The second kappa shape index (κ2) is 5.59. The normalized spacial score (nSPS) is 14.7. The van der Waals surface area contributed by atoms with E-state index in [1.807, 2.05) is 0 Å². The molecule has 0 bridgehead atoms. The van der Waals surface area contributed by atoms with Crippen molar-refractivity contribution in [2.24, 2.45) is 5.92 Å². The Morgan fingerprint density at radius 1 is 1.39 bits per heavy atom. The molecule has 0 saturated carbocycles. The number of carbonyl (C=O) groups excluding carboxylic acids is 2. The molecule has 0 atom stereocenters. The predicted molar refractivity (Wildman–Crippen MR) is 64.4 cm³/mol. The number of carbonyl (C=O) groups is 2. The van der Waals surface area contributed by atoms with E-state index in [2.05, 4.69) is 16.0 Å². The van der Waals surface area contributed by atoms with Gasteiger partial charge in [-0.1, -0.05) is 6.07 Å². The molecule has 0 radical (unpaired) electrons. The fraction of sp³-hybridized carbons (Fsp3) is 0.333. The molecule has 1 aliphatic heterocycles. The molecular formula is C12H14FN3O2. The van der Waals surface area contributed by atoms with Crippen molar-refractivity contribution >= 4 is 17.5 Å². The summed E-state index contributed by atoms with van der Waals surface area (Å²) in [5.74, 6) is -0.978. The molecule has 1 aromatic rings. The molecule has 0 aromatic heterocycles. The molecule has 6 heteroatoms. The number of hydrogen-bond acceptors (Lipinski definition) is 3. The first-order chi connectivity index (χ1) is 8.65. The lowest BCUT2D eigenvalue weighted by atomic mass is 10.0. The topological polar surface area (TPSA) is 70.2 Å². The van der Waals surface area contributed by atoms with Crippen molar-refractivity contribution in [2.75, 3.05) is 25.0 Å². The van der Waals surface area contributed by atoms with Crippen LogP contribution in [0.1, 0.15) is 0 Å². The molecule has 3 N–H and O–H groups in total. The number of amides is 2. The molecule has 1 aliphatic rings. The number of hydrogen-bond donors (Lipinski definition) is 3. The van der Waals surface area contributed by atoms with Crippen molar-refractivity contribution < 1.29 is 14.0 Å². The summed E-state index contributed by atoms with van der Waals surface area (Å²) in [4.78, 5) is 22.9. The molecule has 18 heavy (non-hydrogen) atoms. The monoisotopic (exact) mass is 251 g/mol. The number of benzene rings is 1. The molecule has 0 unspecified atom stereocenters. The van der Waals surface area contributed by atoms with Crippen LogP contribution in [0, 0.1) is 11.7 Å². The zero-order valence-corrected chi connectivity index (χ0v) is 9.70. The standard InChI is InChI=1S/C12H14FN3O2/c13-9-2-1-3-10(4-9)16-11(17)7-15-12(18)8-5-14-6-8/h1-4,8,14H,5-7H2,(H,15,18)(H,16,17). The van der Waals surface area contributed by atoms with Crippen molar-refractivity contribution in [3.05, 3.63) is 30.1 Å². The Kier molecular flexibility index (Phi) is 3.88. The smallest absolute Gasteiger partial charge is 0.243 e. The number of nitrogens with one attached hydrogen (secondary N) is 3. The summed E-state index contributed by atoms with van der Waals surface area (Å²) < 4.78 is 12.9. The highest BCUT2D eigenvalue weighted by Crippen LogP contribution is 2.08. The molecule has 0 spiro atoms. The van der Waals surface area contributed by atoms with Gasteiger partial charge in [0.2, 0.25) is 11.8 Å². The molecule has 1 aromatic carbocycles. The lowest BCUT2D eigenvalue weighted by molar-refractivity contribution is -0.128. The van der Waals surface area contributed by atoms with Crippen LogP contribution in [0.15, 0.2) is 24.3 Å². The van der Waals surface area contributed by atoms with Crippen molar-refractivity contribution in [1.29, 1.82) is 0 Å². The fourth-order valence-electron chi connectivity index (χ4n) is 1.56. The van der Waals surface area contributed by atoms with Gasteiger partial charge in [-0.05, 0) is 18.2 Å². The summed E-state index contributed by atoms with van der Waals surface area (Å²) in [5.41, 5.74) is 0.375. The van der Waals surface area contributed by atoms with Crippen molar-refractivity contribution in [3.63, 3.8) is 0 Å². The van der Waals surface area contributed by atoms with Crippen LogP contribution in [0.5, 0.6) is 0 Å². The summed E-state index contributed by atoms with van der Waals surface area (Å²) in [6, 6.07) is 5.60. The quantitative estimate of drug-likeness (QED) is 0.711. The third-order valence-corrected chi connectivity index (χ3v) is 2.68. The third kappa shape index (κ3) is 3.27. The lowest BCUT2D eigenvalue weighted by Gasteiger charge is -2.25. The van der Waals surface area contributed by atoms with Gasteiger partial charge in [-0.25, -0.2) is 4.39 Å². The minimum atomic E-state index is -0.419. The van der Waals surface area contributed by atoms with E-state index in [0.717, 1.165) is 0 Å². The summed E-state index contributed by atoms with van der Waals surface area (Å²) in [5, 5.41) is 8.01. The van der Waals surface area contributed by atoms with Crippen LogP contribution < -0.4 is 16.0 Å². The average molecular weight is 251 g/mol. The Morgan fingerprint density at radius 3 is 2.78 bits per heavy atom. The van der Waals surface area contributed by atoms with E-state index in [-0.39, 0.29) is 24.3 Å². The summed E-state index contributed by atoms with van der Waals surface area (Å²) in [6.07, 6.45) is 0. The molecule has 1 fully saturated rings. The minimum absolute atomic E-state index is 0.0491. The number of rotatable bonds is 4. The summed E-state index contributed by atoms with van der Waals surface area (Å²) >= 11 is 0. The molecule has 5 nitrogen and oxygen atoms in total. The van der Waals surface area contributed by atoms with E-state index in [1.54, 1.807) is 6.07 Å². The first-order valence-electron chi connectivity index (χ1n) is 5.69. The van der Waals surface area contributed by atoms with Gasteiger partial charge in [0.15, 0.2) is 0 Å². The van der Waals surface area contributed by atoms with Gasteiger partial charge in [-0.3, -0.25) is 9.59 Å². The number of halogens is 1. The second-order valence-corrected chi connectivity index (χ2v) is 4.13. The van der Waals surface area contributed by atoms with E-state index >= 15 is 0 Å². The Balaban J connectivity index is 1.76. The van der Waals surface area contributed by atoms with Crippen LogP contribution in [0.4, 0.5) is 10.1 Å². The molecule has 96 valence electrons. The van der Waals surface area contributed by atoms with Gasteiger partial charge in [-0.15, -0.1) is 0 Å². The van der Waals surface area contributed by atoms with Gasteiger partial charge in [-0.2, -0.15) is 0 Å². The maximum atomic E-state index is 12.9. The van der Waals surface area contributed by atoms with Crippen molar-refractivity contribution in [2.45, 2.75) is 0 Å². The predicted octanol–water partition coefficient (Wildman–Crippen LogP) is 0.0998. The van der Waals surface area contributed by atoms with E-state index in [9.17, 15) is 14.0 Å². The van der Waals surface area contributed by atoms with E-state index in [1.165, 1.54) is 18.2 Å². The number of anilines is 1. The first-order valence-corrected chi connectivity index (χ1v) is 5.69. The Hall–Kier alpha value is -1.95. The van der Waals surface area contributed by atoms with Gasteiger partial charge >= 0.3 is 0 Å². The summed E-state index contributed by atoms with van der Waals surface area (Å²) in [6.45, 7) is 1.19. The second-order valence-electron chi connectivity index (χ2n) is 4.13. The van der Waals surface area contributed by atoms with Crippen LogP contribution in [-0.2, 0) is 9.59 Å². The Bertz CT molecular complexity index is 460. The van der Waals surface area contributed by atoms with Crippen LogP contribution in [0.2, 0.25) is 0 Å². The third-order valence-electron chi connectivity index (χ3n) is 2.68. The Labute approximate surface area is 104 Å². The Morgan fingerprint density at radius 2 is 2.17 bits per heavy atom. The van der Waals surface area contributed by atoms with Gasteiger partial charge in [0, 0.05) is 18.8 Å². The SMILES string of the molecule is O=C(CNC(=O)C1CNC1)Nc1cccc(F)c1. The van der Waals surface area contributed by atoms with Gasteiger partial charge in [0.25, 0.3) is 0 Å². The molecule has 2 amide bonds. The van der Waals surface area contributed by atoms with Crippen molar-refractivity contribution in [1.82, 2.24) is 10.6 Å². The van der Waals surface area contributed by atoms with Gasteiger partial charge < -0.3 is 16.0 Å². The average Bonchev–Trinajstić information content (AvgIpc) is 2.24. The van der Waals surface area contributed by atoms with Gasteiger partial charge in [0.1, 0.15) is 5.82 Å². The van der Waals surface area contributed by atoms with Gasteiger partial charge in [0.05, 0.1) is 12.5 Å². The van der Waals surface area contributed by atoms with Crippen LogP contribution in [0.3, 0.4) is 0 Å². The van der Waals surface area contributed by atoms with Crippen LogP contribution >= 0.6 is 0 Å². The van der Waals surface area contributed by atoms with E-state index < -0.39 is 5.82 Å². The van der Waals surface area contributed by atoms with E-state index in [0.29, 0.717) is 18.8 Å². The lowest BCUT2D eigenvalue weighted by Crippen LogP contribution is -2.51. The molecule has 1 heterocycles. The van der Waals surface area contributed by atoms with Crippen LogP contribution in [0.25, 0.3) is 0 Å². The zero-order chi connectivity index (χ0) is 13.0. The highest BCUT2D eigenvalue weighted by Gasteiger charge is 2.24. The van der Waals surface area contributed by atoms with E-state index in [4.69, 9.17) is 0 Å². The zero-order valence-electron chi connectivity index (χ0n) is 9.70. The fourth-order valence-corrected chi connectivity index (χ4v) is 1.56. The summed E-state index contributed by atoms with van der Waals surface area (Å²) in [7, 11) is 0. The molecule has 1 saturated heterocycles. The largest absolute Gasteiger partial charge is 0.347 e. The molecular weight excluding hydrogens is 237 g/mol. The molecule has 2 rings (SSSR count). The maximum absolute atomic E-state index is 12.9. The van der Waals surface area contributed by atoms with Crippen LogP contribution in [-0.4, -0.2) is 31.4 Å².